The van der Waals surface area contributed by atoms with Crippen molar-refractivity contribution in [1.82, 2.24) is 5.32 Å². The Morgan fingerprint density at radius 1 is 1.18 bits per heavy atom. The third-order valence-corrected chi connectivity index (χ3v) is 3.05. The van der Waals surface area contributed by atoms with Gasteiger partial charge in [0.05, 0.1) is 0 Å². The molecule has 1 N–H and O–H groups in total. The highest BCUT2D eigenvalue weighted by atomic mass is 14.9. The van der Waals surface area contributed by atoms with E-state index < -0.39 is 0 Å². The van der Waals surface area contributed by atoms with E-state index in [2.05, 4.69) is 26.2 Å². The number of nitrogens with one attached hydrogen (secondary N) is 1. The Balaban J connectivity index is 2.44. The van der Waals surface area contributed by atoms with Gasteiger partial charge in [-0.2, -0.15) is 0 Å². The highest BCUT2D eigenvalue weighted by Gasteiger charge is 2.25. The van der Waals surface area contributed by atoms with Crippen molar-refractivity contribution >= 4 is 0 Å². The fourth-order valence-corrected chi connectivity index (χ4v) is 2.32. The smallest absolute Gasteiger partial charge is 0.00947 e. The van der Waals surface area contributed by atoms with Crippen LogP contribution in [-0.4, -0.2) is 13.1 Å². The van der Waals surface area contributed by atoms with Crippen molar-refractivity contribution in [2.45, 2.75) is 45.6 Å². The highest BCUT2D eigenvalue weighted by Crippen LogP contribution is 2.29. The molecule has 0 aliphatic heterocycles. The molecule has 0 spiro atoms. The Bertz CT molecular complexity index is 109. The first-order valence-corrected chi connectivity index (χ1v) is 4.93. The second-order valence-corrected chi connectivity index (χ2v) is 4.09. The molecule has 0 amide bonds. The molecule has 1 nitrogen and oxygen atoms in total. The van der Waals surface area contributed by atoms with E-state index in [1.807, 2.05) is 0 Å². The van der Waals surface area contributed by atoms with E-state index in [0.29, 0.717) is 0 Å². The molecular weight excluding hydrogens is 134 g/mol. The second kappa shape index (κ2) is 4.10. The van der Waals surface area contributed by atoms with Gasteiger partial charge in [-0.15, -0.1) is 0 Å². The van der Waals surface area contributed by atoms with Crippen LogP contribution in [0.3, 0.4) is 0 Å². The third-order valence-electron chi connectivity index (χ3n) is 3.05. The van der Waals surface area contributed by atoms with E-state index in [4.69, 9.17) is 0 Å². The second-order valence-electron chi connectivity index (χ2n) is 4.09. The lowest BCUT2D eigenvalue weighted by Gasteiger charge is -2.34. The average molecular weight is 155 g/mol. The average Bonchev–Trinajstić information content (AvgIpc) is 2.04. The summed E-state index contributed by atoms with van der Waals surface area (Å²) in [5.41, 5.74) is 0. The van der Waals surface area contributed by atoms with Crippen LogP contribution in [0.15, 0.2) is 0 Å². The molecule has 0 unspecified atom stereocenters. The van der Waals surface area contributed by atoms with Crippen LogP contribution in [0.4, 0.5) is 0 Å². The molecule has 0 radical (unpaired) electrons. The molecule has 1 aliphatic rings. The summed E-state index contributed by atoms with van der Waals surface area (Å²) in [7, 11) is 2.10. The third kappa shape index (κ3) is 2.19. The van der Waals surface area contributed by atoms with Gasteiger partial charge in [0, 0.05) is 6.04 Å². The molecule has 0 saturated heterocycles. The number of hydrogen-bond acceptors (Lipinski definition) is 1. The molecule has 0 bridgehead atoms. The summed E-state index contributed by atoms with van der Waals surface area (Å²) >= 11 is 0. The molecule has 1 rings (SSSR count). The lowest BCUT2D eigenvalue weighted by Crippen LogP contribution is -2.38. The fourth-order valence-electron chi connectivity index (χ4n) is 2.32. The lowest BCUT2D eigenvalue weighted by molar-refractivity contribution is 0.214. The Kier molecular flexibility index (Phi) is 3.38. The zero-order chi connectivity index (χ0) is 8.27. The maximum atomic E-state index is 3.44. The molecule has 2 atom stereocenters. The van der Waals surface area contributed by atoms with Crippen molar-refractivity contribution in [1.29, 1.82) is 0 Å². The summed E-state index contributed by atoms with van der Waals surface area (Å²) in [6.07, 6.45) is 5.69. The minimum absolute atomic E-state index is 0.795. The maximum Gasteiger partial charge on any atom is 0.00947 e. The van der Waals surface area contributed by atoms with E-state index in [1.165, 1.54) is 25.7 Å². The van der Waals surface area contributed by atoms with E-state index in [1.54, 1.807) is 0 Å². The zero-order valence-electron chi connectivity index (χ0n) is 8.06. The SMILES string of the molecule is CN[C@@H]1CCCC[C@@H]1C(C)C. The molecule has 1 aliphatic carbocycles. The van der Waals surface area contributed by atoms with Gasteiger partial charge < -0.3 is 5.32 Å². The summed E-state index contributed by atoms with van der Waals surface area (Å²) in [5, 5.41) is 3.44. The van der Waals surface area contributed by atoms with Gasteiger partial charge in [0.1, 0.15) is 0 Å². The van der Waals surface area contributed by atoms with Gasteiger partial charge >= 0.3 is 0 Å². The quantitative estimate of drug-likeness (QED) is 0.645. The van der Waals surface area contributed by atoms with Crippen LogP contribution < -0.4 is 5.32 Å². The zero-order valence-corrected chi connectivity index (χ0v) is 8.06. The Labute approximate surface area is 70.6 Å². The predicted octanol–water partition coefficient (Wildman–Crippen LogP) is 2.42. The Morgan fingerprint density at radius 3 is 2.27 bits per heavy atom. The first-order valence-electron chi connectivity index (χ1n) is 4.93. The van der Waals surface area contributed by atoms with E-state index in [-0.39, 0.29) is 0 Å². The topological polar surface area (TPSA) is 12.0 Å². The first kappa shape index (κ1) is 9.05. The van der Waals surface area contributed by atoms with Crippen molar-refractivity contribution in [3.05, 3.63) is 0 Å². The van der Waals surface area contributed by atoms with Crippen LogP contribution in [0.1, 0.15) is 39.5 Å². The highest BCUT2D eigenvalue weighted by molar-refractivity contribution is 4.81. The van der Waals surface area contributed by atoms with E-state index in [9.17, 15) is 0 Å². The van der Waals surface area contributed by atoms with Gasteiger partial charge in [-0.1, -0.05) is 26.7 Å². The van der Waals surface area contributed by atoms with Crippen molar-refractivity contribution in [2.24, 2.45) is 11.8 Å². The standard InChI is InChI=1S/C10H21N/c1-8(2)9-6-4-5-7-10(9)11-3/h8-11H,4-7H2,1-3H3/t9-,10-/m1/s1. The van der Waals surface area contributed by atoms with Gasteiger partial charge in [0.25, 0.3) is 0 Å². The van der Waals surface area contributed by atoms with Crippen LogP contribution >= 0.6 is 0 Å². The monoisotopic (exact) mass is 155 g/mol. The largest absolute Gasteiger partial charge is 0.317 e. The van der Waals surface area contributed by atoms with Crippen molar-refractivity contribution in [3.8, 4) is 0 Å². The van der Waals surface area contributed by atoms with Crippen LogP contribution in [0, 0.1) is 11.8 Å². The van der Waals surface area contributed by atoms with Crippen LogP contribution in [0.25, 0.3) is 0 Å². The Hall–Kier alpha value is -0.0400. The van der Waals surface area contributed by atoms with Gasteiger partial charge in [0.15, 0.2) is 0 Å². The minimum Gasteiger partial charge on any atom is -0.317 e. The lowest BCUT2D eigenvalue weighted by atomic mass is 9.78. The summed E-state index contributed by atoms with van der Waals surface area (Å²) < 4.78 is 0. The molecular formula is C10H21N. The molecule has 66 valence electrons. The van der Waals surface area contributed by atoms with Gasteiger partial charge in [-0.3, -0.25) is 0 Å². The maximum absolute atomic E-state index is 3.44. The molecule has 0 aromatic rings. The first-order chi connectivity index (χ1) is 5.25. The predicted molar refractivity (Wildman–Crippen MR) is 49.6 cm³/mol. The van der Waals surface area contributed by atoms with Crippen LogP contribution in [0.2, 0.25) is 0 Å². The molecule has 0 aromatic heterocycles. The van der Waals surface area contributed by atoms with Crippen molar-refractivity contribution in [2.75, 3.05) is 7.05 Å². The van der Waals surface area contributed by atoms with Crippen molar-refractivity contribution in [3.63, 3.8) is 0 Å². The molecule has 1 heteroatoms. The number of rotatable bonds is 2. The molecule has 11 heavy (non-hydrogen) atoms. The van der Waals surface area contributed by atoms with Crippen LogP contribution in [-0.2, 0) is 0 Å². The summed E-state index contributed by atoms with van der Waals surface area (Å²) in [4.78, 5) is 0. The molecule has 1 fully saturated rings. The Morgan fingerprint density at radius 2 is 1.82 bits per heavy atom. The van der Waals surface area contributed by atoms with Gasteiger partial charge in [-0.05, 0) is 31.7 Å². The number of hydrogen-bond donors (Lipinski definition) is 1. The van der Waals surface area contributed by atoms with E-state index >= 15 is 0 Å². The van der Waals surface area contributed by atoms with E-state index in [0.717, 1.165) is 17.9 Å². The normalized spacial score (nSPS) is 32.7. The summed E-state index contributed by atoms with van der Waals surface area (Å²) in [5.74, 6) is 1.78. The van der Waals surface area contributed by atoms with Gasteiger partial charge in [-0.25, -0.2) is 0 Å². The summed E-state index contributed by atoms with van der Waals surface area (Å²) in [6.45, 7) is 4.70. The van der Waals surface area contributed by atoms with Crippen molar-refractivity contribution < 1.29 is 0 Å². The summed E-state index contributed by atoms with van der Waals surface area (Å²) in [6, 6.07) is 0.795. The minimum atomic E-state index is 0.795. The molecule has 0 aromatic carbocycles. The molecule has 1 saturated carbocycles. The van der Waals surface area contributed by atoms with Crippen LogP contribution in [0.5, 0.6) is 0 Å². The molecule has 0 heterocycles. The fraction of sp³-hybridized carbons (Fsp3) is 1.00. The van der Waals surface area contributed by atoms with Gasteiger partial charge in [0.2, 0.25) is 0 Å².